The topological polar surface area (TPSA) is 26.0 Å². The zero-order valence-corrected chi connectivity index (χ0v) is 12.1. The van der Waals surface area contributed by atoms with Crippen molar-refractivity contribution in [2.45, 2.75) is 17.2 Å². The van der Waals surface area contributed by atoms with Gasteiger partial charge in [0.1, 0.15) is 5.82 Å². The number of hydrogen-bond donors (Lipinski definition) is 1. The van der Waals surface area contributed by atoms with Gasteiger partial charge in [-0.05, 0) is 35.4 Å². The SMILES string of the molecule is NCc1ccc(F)c(CSc2cccc(Br)c2)c1. The van der Waals surface area contributed by atoms with E-state index in [1.165, 1.54) is 6.07 Å². The molecule has 0 aliphatic rings. The lowest BCUT2D eigenvalue weighted by atomic mass is 10.1. The summed E-state index contributed by atoms with van der Waals surface area (Å²) in [6, 6.07) is 13.0. The minimum Gasteiger partial charge on any atom is -0.326 e. The molecule has 2 aromatic rings. The average Bonchev–Trinajstić information content (AvgIpc) is 2.38. The van der Waals surface area contributed by atoms with Gasteiger partial charge < -0.3 is 5.73 Å². The molecule has 2 N–H and O–H groups in total. The maximum absolute atomic E-state index is 13.6. The zero-order chi connectivity index (χ0) is 13.0. The van der Waals surface area contributed by atoms with Crippen molar-refractivity contribution in [3.05, 3.63) is 63.9 Å². The third-order valence-corrected chi connectivity index (χ3v) is 4.07. The number of benzene rings is 2. The van der Waals surface area contributed by atoms with Crippen LogP contribution in [0.2, 0.25) is 0 Å². The molecule has 0 radical (unpaired) electrons. The lowest BCUT2D eigenvalue weighted by Gasteiger charge is -2.06. The van der Waals surface area contributed by atoms with Gasteiger partial charge in [0.15, 0.2) is 0 Å². The Bertz CT molecular complexity index is 545. The second kappa shape index (κ2) is 6.36. The Kier molecular flexibility index (Phi) is 4.80. The molecule has 0 spiro atoms. The van der Waals surface area contributed by atoms with Gasteiger partial charge in [0, 0.05) is 21.7 Å². The van der Waals surface area contributed by atoms with Crippen molar-refractivity contribution in [2.24, 2.45) is 5.73 Å². The van der Waals surface area contributed by atoms with Gasteiger partial charge in [0.05, 0.1) is 0 Å². The van der Waals surface area contributed by atoms with Crippen LogP contribution in [0, 0.1) is 5.82 Å². The molecule has 4 heteroatoms. The largest absolute Gasteiger partial charge is 0.326 e. The lowest BCUT2D eigenvalue weighted by Crippen LogP contribution is -1.98. The quantitative estimate of drug-likeness (QED) is 0.846. The molecule has 0 unspecified atom stereocenters. The molecule has 0 heterocycles. The van der Waals surface area contributed by atoms with Crippen LogP contribution < -0.4 is 5.73 Å². The molecule has 2 aromatic carbocycles. The summed E-state index contributed by atoms with van der Waals surface area (Å²) in [4.78, 5) is 1.11. The number of hydrogen-bond acceptors (Lipinski definition) is 2. The molecule has 0 bridgehead atoms. The van der Waals surface area contributed by atoms with Gasteiger partial charge in [-0.3, -0.25) is 0 Å². The van der Waals surface area contributed by atoms with E-state index in [4.69, 9.17) is 5.73 Å². The highest BCUT2D eigenvalue weighted by Gasteiger charge is 2.04. The Hall–Kier alpha value is -0.840. The first-order valence-electron chi connectivity index (χ1n) is 5.55. The number of rotatable bonds is 4. The predicted octanol–water partition coefficient (Wildman–Crippen LogP) is 4.34. The van der Waals surface area contributed by atoms with E-state index in [0.717, 1.165) is 14.9 Å². The number of halogens is 2. The first-order valence-corrected chi connectivity index (χ1v) is 7.32. The minimum atomic E-state index is -0.172. The van der Waals surface area contributed by atoms with E-state index in [2.05, 4.69) is 15.9 Å². The third-order valence-electron chi connectivity index (χ3n) is 2.54. The molecule has 0 fully saturated rings. The van der Waals surface area contributed by atoms with E-state index in [1.807, 2.05) is 30.3 Å². The number of thioether (sulfide) groups is 1. The molecule has 0 aliphatic carbocycles. The van der Waals surface area contributed by atoms with Gasteiger partial charge in [0.25, 0.3) is 0 Å². The third kappa shape index (κ3) is 3.57. The van der Waals surface area contributed by atoms with Crippen molar-refractivity contribution in [2.75, 3.05) is 0 Å². The van der Waals surface area contributed by atoms with Crippen molar-refractivity contribution in [3.8, 4) is 0 Å². The molecular formula is C14H13BrFNS. The summed E-state index contributed by atoms with van der Waals surface area (Å²) in [6.45, 7) is 0.439. The molecule has 0 aromatic heterocycles. The average molecular weight is 326 g/mol. The fourth-order valence-electron chi connectivity index (χ4n) is 1.58. The molecule has 0 aliphatic heterocycles. The molecule has 0 amide bonds. The zero-order valence-electron chi connectivity index (χ0n) is 9.70. The van der Waals surface area contributed by atoms with E-state index >= 15 is 0 Å². The van der Waals surface area contributed by atoms with E-state index in [9.17, 15) is 4.39 Å². The summed E-state index contributed by atoms with van der Waals surface area (Å²) in [5.74, 6) is 0.436. The summed E-state index contributed by atoms with van der Waals surface area (Å²) in [6.07, 6.45) is 0. The van der Waals surface area contributed by atoms with E-state index in [0.29, 0.717) is 17.9 Å². The molecule has 18 heavy (non-hydrogen) atoms. The molecule has 1 nitrogen and oxygen atoms in total. The Morgan fingerprint density at radius 1 is 1.17 bits per heavy atom. The second-order valence-electron chi connectivity index (χ2n) is 3.88. The van der Waals surface area contributed by atoms with Crippen LogP contribution in [0.1, 0.15) is 11.1 Å². The van der Waals surface area contributed by atoms with Crippen LogP contribution in [-0.4, -0.2) is 0 Å². The molecule has 0 saturated heterocycles. The smallest absolute Gasteiger partial charge is 0.127 e. The molecule has 0 atom stereocenters. The maximum Gasteiger partial charge on any atom is 0.127 e. The van der Waals surface area contributed by atoms with Gasteiger partial charge in [-0.25, -0.2) is 4.39 Å². The fraction of sp³-hybridized carbons (Fsp3) is 0.143. The first kappa shape index (κ1) is 13.6. The van der Waals surface area contributed by atoms with Gasteiger partial charge in [-0.15, -0.1) is 11.8 Å². The molecule has 0 saturated carbocycles. The normalized spacial score (nSPS) is 10.6. The summed E-state index contributed by atoms with van der Waals surface area (Å²) < 4.78 is 14.7. The van der Waals surface area contributed by atoms with Crippen molar-refractivity contribution < 1.29 is 4.39 Å². The van der Waals surface area contributed by atoms with E-state index in [1.54, 1.807) is 17.8 Å². The predicted molar refractivity (Wildman–Crippen MR) is 78.0 cm³/mol. The second-order valence-corrected chi connectivity index (χ2v) is 5.84. The van der Waals surface area contributed by atoms with E-state index < -0.39 is 0 Å². The van der Waals surface area contributed by atoms with Crippen LogP contribution in [0.4, 0.5) is 4.39 Å². The Balaban J connectivity index is 2.10. The highest BCUT2D eigenvalue weighted by molar-refractivity contribution is 9.10. The van der Waals surface area contributed by atoms with Gasteiger partial charge in [0.2, 0.25) is 0 Å². The fourth-order valence-corrected chi connectivity index (χ4v) is 3.06. The van der Waals surface area contributed by atoms with Crippen LogP contribution >= 0.6 is 27.7 Å². The molecular weight excluding hydrogens is 313 g/mol. The van der Waals surface area contributed by atoms with Crippen LogP contribution in [0.25, 0.3) is 0 Å². The monoisotopic (exact) mass is 325 g/mol. The Morgan fingerprint density at radius 2 is 2.00 bits per heavy atom. The minimum absolute atomic E-state index is 0.172. The van der Waals surface area contributed by atoms with Crippen molar-refractivity contribution in [1.82, 2.24) is 0 Å². The van der Waals surface area contributed by atoms with Crippen LogP contribution in [0.5, 0.6) is 0 Å². The summed E-state index contributed by atoms with van der Waals surface area (Å²) in [5, 5.41) is 0. The Morgan fingerprint density at radius 3 is 2.72 bits per heavy atom. The maximum atomic E-state index is 13.6. The van der Waals surface area contributed by atoms with Crippen molar-refractivity contribution >= 4 is 27.7 Å². The highest BCUT2D eigenvalue weighted by Crippen LogP contribution is 2.26. The van der Waals surface area contributed by atoms with Crippen molar-refractivity contribution in [1.29, 1.82) is 0 Å². The summed E-state index contributed by atoms with van der Waals surface area (Å²) in [7, 11) is 0. The summed E-state index contributed by atoms with van der Waals surface area (Å²) in [5.41, 5.74) is 7.22. The Labute approximate surface area is 119 Å². The number of nitrogens with two attached hydrogens (primary N) is 1. The summed E-state index contributed by atoms with van der Waals surface area (Å²) >= 11 is 5.03. The highest BCUT2D eigenvalue weighted by atomic mass is 79.9. The van der Waals surface area contributed by atoms with Crippen molar-refractivity contribution in [3.63, 3.8) is 0 Å². The first-order chi connectivity index (χ1) is 8.69. The van der Waals surface area contributed by atoms with Gasteiger partial charge in [-0.1, -0.05) is 34.1 Å². The van der Waals surface area contributed by atoms with Gasteiger partial charge >= 0.3 is 0 Å². The standard InChI is InChI=1S/C14H13BrFNS/c15-12-2-1-3-13(7-12)18-9-11-6-10(8-17)4-5-14(11)16/h1-7H,8-9,17H2. The molecule has 2 rings (SSSR count). The van der Waals surface area contributed by atoms with Gasteiger partial charge in [-0.2, -0.15) is 0 Å². The van der Waals surface area contributed by atoms with Crippen LogP contribution in [-0.2, 0) is 12.3 Å². The molecule has 94 valence electrons. The van der Waals surface area contributed by atoms with E-state index in [-0.39, 0.29) is 5.82 Å². The van der Waals surface area contributed by atoms with Crippen LogP contribution in [0.3, 0.4) is 0 Å². The van der Waals surface area contributed by atoms with Crippen LogP contribution in [0.15, 0.2) is 51.8 Å². The lowest BCUT2D eigenvalue weighted by molar-refractivity contribution is 0.616.